The van der Waals surface area contributed by atoms with E-state index in [1.807, 2.05) is 67.5 Å². The van der Waals surface area contributed by atoms with E-state index in [2.05, 4.69) is 36.8 Å². The predicted molar refractivity (Wildman–Crippen MR) is 117 cm³/mol. The van der Waals surface area contributed by atoms with E-state index in [4.69, 9.17) is 0 Å². The highest BCUT2D eigenvalue weighted by Gasteiger charge is 2.13. The van der Waals surface area contributed by atoms with Gasteiger partial charge in [-0.05, 0) is 46.3 Å². The molecule has 0 aliphatic carbocycles. The molecule has 6 nitrogen and oxygen atoms in total. The van der Waals surface area contributed by atoms with Crippen LogP contribution in [0.25, 0.3) is 0 Å². The Hall–Kier alpha value is -3.19. The van der Waals surface area contributed by atoms with Crippen molar-refractivity contribution >= 4 is 45.2 Å². The van der Waals surface area contributed by atoms with E-state index in [1.54, 1.807) is 24.5 Å². The van der Waals surface area contributed by atoms with Crippen LogP contribution in [0.3, 0.4) is 0 Å². The van der Waals surface area contributed by atoms with Crippen LogP contribution < -0.4 is 15.6 Å². The third-order valence-corrected chi connectivity index (χ3v) is 4.66. The molecule has 0 aliphatic heterocycles. The summed E-state index contributed by atoms with van der Waals surface area (Å²) in [5.74, 6) is 0.108. The molecule has 142 valence electrons. The number of benzene rings is 2. The summed E-state index contributed by atoms with van der Waals surface area (Å²) < 4.78 is 0.880. The Morgan fingerprint density at radius 3 is 2.61 bits per heavy atom. The summed E-state index contributed by atoms with van der Waals surface area (Å²) in [4.78, 5) is 18.9. The zero-order valence-corrected chi connectivity index (χ0v) is 17.1. The fourth-order valence-corrected chi connectivity index (χ4v) is 2.99. The number of pyridine rings is 1. The number of halogens is 1. The number of anilines is 3. The fourth-order valence-electron chi connectivity index (χ4n) is 2.60. The molecule has 0 unspecified atom stereocenters. The molecule has 2 aromatic carbocycles. The first-order chi connectivity index (χ1) is 13.6. The molecule has 0 fully saturated rings. The minimum absolute atomic E-state index is 0.346. The maximum atomic E-state index is 12.6. The number of nitrogens with one attached hydrogen (secondary N) is 2. The molecule has 28 heavy (non-hydrogen) atoms. The van der Waals surface area contributed by atoms with Gasteiger partial charge in [0.1, 0.15) is 5.82 Å². The van der Waals surface area contributed by atoms with E-state index in [0.717, 1.165) is 21.4 Å². The van der Waals surface area contributed by atoms with Crippen LogP contribution in [0.15, 0.2) is 76.4 Å². The average Bonchev–Trinajstić information content (AvgIpc) is 2.70. The van der Waals surface area contributed by atoms with Gasteiger partial charge in [-0.15, -0.1) is 0 Å². The van der Waals surface area contributed by atoms with E-state index < -0.39 is 0 Å². The third kappa shape index (κ3) is 4.75. The smallest absolute Gasteiger partial charge is 0.275 e. The zero-order valence-electron chi connectivity index (χ0n) is 15.6. The summed E-state index contributed by atoms with van der Waals surface area (Å²) in [6.07, 6.45) is 3.26. The quantitative estimate of drug-likeness (QED) is 0.442. The number of carbonyl (C=O) groups is 1. The third-order valence-electron chi connectivity index (χ3n) is 3.97. The van der Waals surface area contributed by atoms with Gasteiger partial charge in [0.05, 0.1) is 17.5 Å². The van der Waals surface area contributed by atoms with Crippen molar-refractivity contribution in [3.8, 4) is 0 Å². The van der Waals surface area contributed by atoms with E-state index in [-0.39, 0.29) is 5.91 Å². The van der Waals surface area contributed by atoms with Crippen molar-refractivity contribution in [1.29, 1.82) is 0 Å². The van der Waals surface area contributed by atoms with Crippen LogP contribution in [0.2, 0.25) is 0 Å². The number of hydrogen-bond donors (Lipinski definition) is 2. The van der Waals surface area contributed by atoms with Crippen LogP contribution in [-0.4, -0.2) is 31.2 Å². The highest BCUT2D eigenvalue weighted by atomic mass is 79.9. The Morgan fingerprint density at radius 2 is 1.82 bits per heavy atom. The van der Waals surface area contributed by atoms with Crippen LogP contribution in [0.1, 0.15) is 15.9 Å². The van der Waals surface area contributed by atoms with Crippen molar-refractivity contribution in [3.05, 3.63) is 82.5 Å². The molecule has 0 saturated carbocycles. The Kier molecular flexibility index (Phi) is 6.39. The lowest BCUT2D eigenvalue weighted by molar-refractivity contribution is 0.0955. The average molecular weight is 438 g/mol. The first-order valence-corrected chi connectivity index (χ1v) is 9.42. The van der Waals surface area contributed by atoms with Gasteiger partial charge in [0.25, 0.3) is 5.91 Å². The minimum atomic E-state index is -0.346. The van der Waals surface area contributed by atoms with Crippen molar-refractivity contribution in [2.45, 2.75) is 0 Å². The van der Waals surface area contributed by atoms with Gasteiger partial charge in [-0.25, -0.2) is 10.4 Å². The van der Waals surface area contributed by atoms with Gasteiger partial charge in [-0.1, -0.05) is 30.3 Å². The van der Waals surface area contributed by atoms with Crippen LogP contribution in [0, 0.1) is 0 Å². The maximum Gasteiger partial charge on any atom is 0.275 e. The fraction of sp³-hybridized carbons (Fsp3) is 0.0952. The molecule has 1 heterocycles. The Bertz CT molecular complexity index is 1000. The Morgan fingerprint density at radius 1 is 1.07 bits per heavy atom. The van der Waals surface area contributed by atoms with Gasteiger partial charge in [0, 0.05) is 36.0 Å². The van der Waals surface area contributed by atoms with Crippen LogP contribution >= 0.6 is 15.9 Å². The zero-order chi connectivity index (χ0) is 19.9. The molecule has 0 aliphatic rings. The number of hydrogen-bond acceptors (Lipinski definition) is 5. The molecular weight excluding hydrogens is 418 g/mol. The molecule has 0 saturated heterocycles. The second kappa shape index (κ2) is 9.14. The second-order valence-electron chi connectivity index (χ2n) is 6.16. The number of carbonyl (C=O) groups excluding carboxylic acids is 1. The summed E-state index contributed by atoms with van der Waals surface area (Å²) in [6, 6.07) is 18.9. The summed E-state index contributed by atoms with van der Waals surface area (Å²) in [6.45, 7) is 0. The van der Waals surface area contributed by atoms with Gasteiger partial charge >= 0.3 is 0 Å². The Labute approximate surface area is 172 Å². The molecule has 1 amide bonds. The lowest BCUT2D eigenvalue weighted by Crippen LogP contribution is -2.20. The number of amides is 1. The molecule has 2 N–H and O–H groups in total. The van der Waals surface area contributed by atoms with Crippen molar-refractivity contribution < 1.29 is 4.79 Å². The van der Waals surface area contributed by atoms with E-state index >= 15 is 0 Å². The van der Waals surface area contributed by atoms with Crippen LogP contribution in [0.5, 0.6) is 0 Å². The molecule has 0 bridgehead atoms. The first kappa shape index (κ1) is 19.6. The number of nitrogens with zero attached hydrogens (tertiary/aromatic N) is 3. The normalized spacial score (nSPS) is 10.7. The standard InChI is InChI=1S/C21H20BrN5O/c1-27(2)19-12-6-3-8-15(19)14-24-26-21(28)16-9-7-13-23-20(16)25-18-11-5-4-10-17(18)22/h3-14H,1-2H3,(H,23,25)(H,26,28)/b24-14+. The number of para-hydroxylation sites is 2. The summed E-state index contributed by atoms with van der Waals surface area (Å²) in [5.41, 5.74) is 5.71. The van der Waals surface area contributed by atoms with E-state index in [0.29, 0.717) is 11.4 Å². The van der Waals surface area contributed by atoms with E-state index in [9.17, 15) is 4.79 Å². The van der Waals surface area contributed by atoms with Gasteiger partial charge in [-0.3, -0.25) is 4.79 Å². The van der Waals surface area contributed by atoms with Gasteiger partial charge in [-0.2, -0.15) is 5.10 Å². The highest BCUT2D eigenvalue weighted by Crippen LogP contribution is 2.26. The molecule has 3 rings (SSSR count). The maximum absolute atomic E-state index is 12.6. The molecule has 0 atom stereocenters. The SMILES string of the molecule is CN(C)c1ccccc1/C=N/NC(=O)c1cccnc1Nc1ccccc1Br. The van der Waals surface area contributed by atoms with Crippen molar-refractivity contribution in [1.82, 2.24) is 10.4 Å². The van der Waals surface area contributed by atoms with Crippen molar-refractivity contribution in [2.75, 3.05) is 24.3 Å². The molecule has 0 radical (unpaired) electrons. The molecule has 0 spiro atoms. The number of hydrazone groups is 1. The first-order valence-electron chi connectivity index (χ1n) is 8.62. The summed E-state index contributed by atoms with van der Waals surface area (Å²) >= 11 is 3.48. The number of aromatic nitrogens is 1. The molecule has 3 aromatic rings. The summed E-state index contributed by atoms with van der Waals surface area (Å²) in [5, 5.41) is 7.29. The monoisotopic (exact) mass is 437 g/mol. The predicted octanol–water partition coefficient (Wildman–Crippen LogP) is 4.42. The van der Waals surface area contributed by atoms with Gasteiger partial charge < -0.3 is 10.2 Å². The van der Waals surface area contributed by atoms with Crippen LogP contribution in [-0.2, 0) is 0 Å². The van der Waals surface area contributed by atoms with Crippen molar-refractivity contribution in [2.24, 2.45) is 5.10 Å². The second-order valence-corrected chi connectivity index (χ2v) is 7.01. The topological polar surface area (TPSA) is 69.6 Å². The van der Waals surface area contributed by atoms with Gasteiger partial charge in [0.15, 0.2) is 0 Å². The Balaban J connectivity index is 1.76. The van der Waals surface area contributed by atoms with E-state index in [1.165, 1.54) is 0 Å². The number of rotatable bonds is 6. The lowest BCUT2D eigenvalue weighted by Gasteiger charge is -2.14. The lowest BCUT2D eigenvalue weighted by atomic mass is 10.2. The van der Waals surface area contributed by atoms with Gasteiger partial charge in [0.2, 0.25) is 0 Å². The summed E-state index contributed by atoms with van der Waals surface area (Å²) in [7, 11) is 3.92. The highest BCUT2D eigenvalue weighted by molar-refractivity contribution is 9.10. The largest absolute Gasteiger partial charge is 0.377 e. The molecule has 7 heteroatoms. The molecule has 1 aromatic heterocycles. The van der Waals surface area contributed by atoms with Crippen molar-refractivity contribution in [3.63, 3.8) is 0 Å². The molecular formula is C21H20BrN5O. The minimum Gasteiger partial charge on any atom is -0.377 e. The van der Waals surface area contributed by atoms with Crippen LogP contribution in [0.4, 0.5) is 17.2 Å².